The zero-order valence-electron chi connectivity index (χ0n) is 45.8. The zero-order valence-corrected chi connectivity index (χ0v) is 46.6. The molecule has 1 amide bonds. The molecule has 7 N–H and O–H groups in total. The fourth-order valence-corrected chi connectivity index (χ4v) is 13.8. The molecule has 5 rings (SSSR count). The van der Waals surface area contributed by atoms with Gasteiger partial charge in [0, 0.05) is 73.3 Å². The van der Waals surface area contributed by atoms with Gasteiger partial charge in [-0.15, -0.1) is 0 Å². The van der Waals surface area contributed by atoms with E-state index in [0.717, 1.165) is 18.4 Å². The maximum Gasteiger partial charge on any atom is 0.309 e. The molecule has 4 aliphatic rings. The summed E-state index contributed by atoms with van der Waals surface area (Å²) in [5, 5.41) is 73.8. The summed E-state index contributed by atoms with van der Waals surface area (Å²) in [6.07, 6.45) is -8.06. The maximum absolute atomic E-state index is 14.6. The molecule has 0 bridgehead atoms. The number of methoxy groups -OCH3 is 1. The molecule has 4 saturated heterocycles. The van der Waals surface area contributed by atoms with E-state index >= 15 is 0 Å². The molecule has 4 heterocycles. The topological polar surface area (TPSA) is 237 Å². The van der Waals surface area contributed by atoms with E-state index in [1.807, 2.05) is 49.8 Å². The molecule has 4 fully saturated rings. The standard InChI is InChI=1S/C54H92FN3O14S/c1-14-42-54(10,66)47(62)34(6)58(12)29-30(2)26-52(8,65)49(32(4)44(33(5)50(64)71-42)41-27-53(9,68-13)48(63)35(7)70-41)72-51-46(61)40(25-31(3)69-51)57(11)22-19-43(59)56-39(28-55)45(60)38-17-15-36(16-18-38)37-20-23-73(67)24-21-37/h15-18,30-35,37,39-42,44-49,51,60-63,65-66H,14,19-29H2,1-13H3,(H,56,59)/t30-,31-,32+,33-,34-,35+,37?,39-,40+,41?,42-,44+,45-,46-,47-,48+,49-,51+,52-,53-,54-,73?/m1/s1. The number of halogens is 1. The number of rotatable bonds is 14. The largest absolute Gasteiger partial charge is 0.459 e. The summed E-state index contributed by atoms with van der Waals surface area (Å²) in [7, 11) is 4.30. The van der Waals surface area contributed by atoms with E-state index in [4.69, 9.17) is 23.7 Å². The number of hydrogen-bond acceptors (Lipinski definition) is 16. The monoisotopic (exact) mass is 1060 g/mol. The van der Waals surface area contributed by atoms with E-state index in [0.29, 0.717) is 30.0 Å². The van der Waals surface area contributed by atoms with Crippen LogP contribution in [0.2, 0.25) is 0 Å². The second kappa shape index (κ2) is 25.9. The van der Waals surface area contributed by atoms with Gasteiger partial charge < -0.3 is 69.4 Å². The SMILES string of the molecule is CC[C@H]1OC(=O)[C@H](C)[C@@H](C2C[C@@](C)(OC)[C@@H](O)[C@H](C)O2)[C@H](C)[C@@H](O[C@@H]2O[C@H](C)C[C@H](N(C)CCC(=O)N[C@H](CF)[C@H](O)c3ccc(C4CCS(=O)CC4)cc3)[C@H]2O)[C@](C)(O)C[C@@H](C)CN(C)[C@H](C)[C@@H](O)[C@]1(C)O. The highest BCUT2D eigenvalue weighted by molar-refractivity contribution is 7.85. The van der Waals surface area contributed by atoms with Crippen LogP contribution in [0.1, 0.15) is 137 Å². The van der Waals surface area contributed by atoms with E-state index < -0.39 is 143 Å². The van der Waals surface area contributed by atoms with Crippen LogP contribution in [0.5, 0.6) is 0 Å². The third-order valence-electron chi connectivity index (χ3n) is 17.2. The van der Waals surface area contributed by atoms with Crippen LogP contribution in [0, 0.1) is 23.7 Å². The Morgan fingerprint density at radius 2 is 1.63 bits per heavy atom. The van der Waals surface area contributed by atoms with Gasteiger partial charge in [-0.05, 0) is 117 Å². The Labute approximate surface area is 436 Å². The number of alkyl halides is 1. The number of esters is 1. The number of hydrogen-bond donors (Lipinski definition) is 7. The van der Waals surface area contributed by atoms with Gasteiger partial charge in [-0.3, -0.25) is 13.8 Å². The van der Waals surface area contributed by atoms with Gasteiger partial charge in [0.05, 0.1) is 47.6 Å². The fraction of sp³-hybridized carbons (Fsp3) is 0.852. The lowest BCUT2D eigenvalue weighted by Gasteiger charge is -2.51. The normalized spacial score (nSPS) is 42.8. The van der Waals surface area contributed by atoms with Gasteiger partial charge in [0.1, 0.15) is 42.8 Å². The van der Waals surface area contributed by atoms with Crippen LogP contribution in [-0.4, -0.2) is 199 Å². The maximum atomic E-state index is 14.6. The van der Waals surface area contributed by atoms with Gasteiger partial charge in [-0.1, -0.05) is 52.0 Å². The number of aliphatic hydroxyl groups is 6. The lowest BCUT2D eigenvalue weighted by Crippen LogP contribution is -2.62. The summed E-state index contributed by atoms with van der Waals surface area (Å²) < 4.78 is 58.3. The van der Waals surface area contributed by atoms with Crippen molar-refractivity contribution in [2.45, 2.75) is 216 Å². The van der Waals surface area contributed by atoms with E-state index in [1.54, 1.807) is 60.7 Å². The van der Waals surface area contributed by atoms with Crippen molar-refractivity contribution in [2.24, 2.45) is 23.7 Å². The molecule has 4 aliphatic heterocycles. The average molecular weight is 1060 g/mol. The van der Waals surface area contributed by atoms with Gasteiger partial charge in [0.15, 0.2) is 6.29 Å². The number of nitrogens with one attached hydrogen (secondary N) is 1. The molecular weight excluding hydrogens is 966 g/mol. The molecule has 0 saturated carbocycles. The minimum absolute atomic E-state index is 0.0824. The smallest absolute Gasteiger partial charge is 0.309 e. The highest BCUT2D eigenvalue weighted by Gasteiger charge is 2.55. The Morgan fingerprint density at radius 3 is 2.22 bits per heavy atom. The van der Waals surface area contributed by atoms with Crippen molar-refractivity contribution in [1.82, 2.24) is 15.1 Å². The summed E-state index contributed by atoms with van der Waals surface area (Å²) in [5.41, 5.74) is -3.06. The summed E-state index contributed by atoms with van der Waals surface area (Å²) in [6, 6.07) is 4.89. The zero-order chi connectivity index (χ0) is 54.5. The minimum Gasteiger partial charge on any atom is -0.459 e. The number of aliphatic hydroxyl groups excluding tert-OH is 4. The van der Waals surface area contributed by atoms with Crippen LogP contribution in [-0.2, 0) is 44.1 Å². The van der Waals surface area contributed by atoms with Crippen molar-refractivity contribution >= 4 is 22.7 Å². The highest BCUT2D eigenvalue weighted by Crippen LogP contribution is 2.45. The van der Waals surface area contributed by atoms with Gasteiger partial charge >= 0.3 is 5.97 Å². The quantitative estimate of drug-likeness (QED) is 0.131. The molecule has 420 valence electrons. The number of cyclic esters (lactones) is 1. The molecule has 0 spiro atoms. The van der Waals surface area contributed by atoms with Crippen molar-refractivity contribution in [1.29, 1.82) is 0 Å². The first-order chi connectivity index (χ1) is 34.1. The first-order valence-corrected chi connectivity index (χ1v) is 28.2. The lowest BCUT2D eigenvalue weighted by atomic mass is 9.68. The molecule has 73 heavy (non-hydrogen) atoms. The summed E-state index contributed by atoms with van der Waals surface area (Å²) in [4.78, 5) is 31.7. The molecule has 19 heteroatoms. The van der Waals surface area contributed by atoms with Crippen LogP contribution < -0.4 is 5.32 Å². The van der Waals surface area contributed by atoms with E-state index in [2.05, 4.69) is 5.32 Å². The molecule has 0 radical (unpaired) electrons. The van der Waals surface area contributed by atoms with Gasteiger partial charge in [-0.25, -0.2) is 4.39 Å². The van der Waals surface area contributed by atoms with Crippen molar-refractivity contribution in [2.75, 3.05) is 52.5 Å². The van der Waals surface area contributed by atoms with Crippen LogP contribution in [0.15, 0.2) is 24.3 Å². The molecule has 1 aromatic carbocycles. The van der Waals surface area contributed by atoms with Gasteiger partial charge in [-0.2, -0.15) is 0 Å². The van der Waals surface area contributed by atoms with Crippen LogP contribution >= 0.6 is 0 Å². The third-order valence-corrected chi connectivity index (χ3v) is 18.6. The van der Waals surface area contributed by atoms with Crippen LogP contribution in [0.3, 0.4) is 0 Å². The van der Waals surface area contributed by atoms with Crippen molar-refractivity contribution in [3.8, 4) is 0 Å². The fourth-order valence-electron chi connectivity index (χ4n) is 12.5. The Hall–Kier alpha value is -2.24. The van der Waals surface area contributed by atoms with E-state index in [1.165, 1.54) is 14.0 Å². The van der Waals surface area contributed by atoms with E-state index in [-0.39, 0.29) is 44.1 Å². The first kappa shape index (κ1) is 61.6. The average Bonchev–Trinajstić information content (AvgIpc) is 3.34. The second-order valence-electron chi connectivity index (χ2n) is 23.1. The summed E-state index contributed by atoms with van der Waals surface area (Å²) in [5.74, 6) is -2.32. The Kier molecular flexibility index (Phi) is 21.9. The first-order valence-electron chi connectivity index (χ1n) is 26.7. The van der Waals surface area contributed by atoms with Gasteiger partial charge in [0.25, 0.3) is 0 Å². The summed E-state index contributed by atoms with van der Waals surface area (Å²) in [6.45, 7) is 17.1. The molecule has 0 aromatic heterocycles. The summed E-state index contributed by atoms with van der Waals surface area (Å²) >= 11 is 0. The Morgan fingerprint density at radius 1 is 1.00 bits per heavy atom. The molecule has 1 unspecified atom stereocenters. The molecule has 0 aliphatic carbocycles. The number of likely N-dealkylation sites (N-methyl/N-ethyl adjacent to an activating group) is 2. The minimum atomic E-state index is -1.85. The highest BCUT2D eigenvalue weighted by atomic mass is 32.2. The number of carbonyl (C=O) groups excluding carboxylic acids is 2. The number of nitrogens with zero attached hydrogens (tertiary/aromatic N) is 2. The number of ether oxygens (including phenoxy) is 5. The second-order valence-corrected chi connectivity index (χ2v) is 24.8. The Bertz CT molecular complexity index is 1940. The van der Waals surface area contributed by atoms with Crippen molar-refractivity contribution < 1.29 is 72.5 Å². The molecule has 1 aromatic rings. The predicted molar refractivity (Wildman–Crippen MR) is 276 cm³/mol. The lowest BCUT2D eigenvalue weighted by molar-refractivity contribution is -0.302. The van der Waals surface area contributed by atoms with E-state index in [9.17, 15) is 48.8 Å². The third kappa shape index (κ3) is 14.7. The predicted octanol–water partition coefficient (Wildman–Crippen LogP) is 3.75. The van der Waals surface area contributed by atoms with Crippen LogP contribution in [0.25, 0.3) is 0 Å². The van der Waals surface area contributed by atoms with Crippen LogP contribution in [0.4, 0.5) is 4.39 Å². The number of carbonyl (C=O) groups is 2. The number of benzene rings is 1. The van der Waals surface area contributed by atoms with Gasteiger partial charge in [0.2, 0.25) is 5.91 Å². The Balaban J connectivity index is 1.40. The number of amides is 1. The molecular formula is C54H92FN3O14S. The van der Waals surface area contributed by atoms with Crippen molar-refractivity contribution in [3.05, 3.63) is 35.4 Å². The van der Waals surface area contributed by atoms with Crippen molar-refractivity contribution in [3.63, 3.8) is 0 Å². The molecule has 20 atom stereocenters. The molecule has 17 nitrogen and oxygen atoms in total.